The van der Waals surface area contributed by atoms with Gasteiger partial charge in [0.15, 0.2) is 0 Å². The van der Waals surface area contributed by atoms with Gasteiger partial charge in [0.1, 0.15) is 0 Å². The summed E-state index contributed by atoms with van der Waals surface area (Å²) >= 11 is 5.63. The zero-order chi connectivity index (χ0) is 6.41. The molecule has 0 fully saturated rings. The van der Waals surface area contributed by atoms with Crippen LogP contribution in [0.5, 0.6) is 0 Å². The summed E-state index contributed by atoms with van der Waals surface area (Å²) < 4.78 is 0. The molecule has 0 rings (SSSR count). The van der Waals surface area contributed by atoms with Crippen LogP contribution in [0, 0.1) is 0 Å². The summed E-state index contributed by atoms with van der Waals surface area (Å²) in [6.07, 6.45) is 6.50. The smallest absolute Gasteiger partial charge is 0.0487 e. The minimum atomic E-state index is 0.196. The number of unbranched alkanes of at least 4 members (excludes halogenated alkanes) is 1. The maximum absolute atomic E-state index is 5.63. The molecular weight excluding hydrogens is 120 g/mol. The first kappa shape index (κ1) is 8.03. The normalized spacial score (nSPS) is 14.9. The zero-order valence-electron chi connectivity index (χ0n) is 5.52. The molecule has 8 heavy (non-hydrogen) atoms. The van der Waals surface area contributed by atoms with Gasteiger partial charge in [0, 0.05) is 5.38 Å². The van der Waals surface area contributed by atoms with E-state index in [2.05, 4.69) is 13.0 Å². The third-order valence-electron chi connectivity index (χ3n) is 0.857. The molecule has 0 bridgehead atoms. The molecule has 0 aliphatic carbocycles. The fourth-order valence-electron chi connectivity index (χ4n) is 0.450. The highest BCUT2D eigenvalue weighted by atomic mass is 35.5. The molecule has 0 nitrogen and oxygen atoms in total. The summed E-state index contributed by atoms with van der Waals surface area (Å²) in [6.45, 7) is 4.12. The number of hydrogen-bond acceptors (Lipinski definition) is 0. The fraction of sp³-hybridized carbons (Fsp3) is 0.714. The Morgan fingerprint density at radius 3 is 2.62 bits per heavy atom. The Bertz CT molecular complexity index is 64.8. The quantitative estimate of drug-likeness (QED) is 0.409. The summed E-state index contributed by atoms with van der Waals surface area (Å²) in [6, 6.07) is 0. The summed E-state index contributed by atoms with van der Waals surface area (Å²) in [5.74, 6) is 0. The van der Waals surface area contributed by atoms with E-state index in [0.29, 0.717) is 0 Å². The number of halogens is 1. The fourth-order valence-corrected chi connectivity index (χ4v) is 0.553. The third-order valence-corrected chi connectivity index (χ3v) is 1.00. The maximum Gasteiger partial charge on any atom is 0.0487 e. The van der Waals surface area contributed by atoms with E-state index in [1.807, 2.05) is 13.0 Å². The van der Waals surface area contributed by atoms with Crippen LogP contribution in [-0.4, -0.2) is 5.38 Å². The Morgan fingerprint density at radius 1 is 1.62 bits per heavy atom. The van der Waals surface area contributed by atoms with Gasteiger partial charge in [-0.15, -0.1) is 11.6 Å². The average Bonchev–Trinajstić information content (AvgIpc) is 1.66. The van der Waals surface area contributed by atoms with Crippen molar-refractivity contribution in [2.75, 3.05) is 0 Å². The third kappa shape index (κ3) is 6.03. The van der Waals surface area contributed by atoms with Crippen LogP contribution in [0.4, 0.5) is 0 Å². The highest BCUT2D eigenvalue weighted by Gasteiger charge is 1.82. The van der Waals surface area contributed by atoms with E-state index < -0.39 is 0 Å². The zero-order valence-corrected chi connectivity index (χ0v) is 6.28. The highest BCUT2D eigenvalue weighted by Crippen LogP contribution is 1.97. The van der Waals surface area contributed by atoms with Crippen molar-refractivity contribution in [3.05, 3.63) is 12.2 Å². The minimum absolute atomic E-state index is 0.196. The number of rotatable bonds is 3. The van der Waals surface area contributed by atoms with Gasteiger partial charge in [0.05, 0.1) is 0 Å². The van der Waals surface area contributed by atoms with Crippen molar-refractivity contribution in [3.63, 3.8) is 0 Å². The second-order valence-electron chi connectivity index (χ2n) is 1.89. The molecule has 0 aliphatic rings. The van der Waals surface area contributed by atoms with Crippen molar-refractivity contribution < 1.29 is 0 Å². The monoisotopic (exact) mass is 132 g/mol. The lowest BCUT2D eigenvalue weighted by Gasteiger charge is -1.88. The topological polar surface area (TPSA) is 0 Å². The van der Waals surface area contributed by atoms with E-state index in [1.54, 1.807) is 0 Å². The largest absolute Gasteiger partial charge is 0.119 e. The summed E-state index contributed by atoms with van der Waals surface area (Å²) in [7, 11) is 0. The Hall–Kier alpha value is 0.0300. The van der Waals surface area contributed by atoms with Gasteiger partial charge in [0.25, 0.3) is 0 Å². The Kier molecular flexibility index (Phi) is 5.19. The standard InChI is InChI=1S/C7H13Cl/c1-3-4-5-6-7(2)8/h5-7H,3-4H2,1-2H3/b6-5-. The second-order valence-corrected chi connectivity index (χ2v) is 2.58. The van der Waals surface area contributed by atoms with Crippen LogP contribution in [0.3, 0.4) is 0 Å². The van der Waals surface area contributed by atoms with Gasteiger partial charge in [-0.3, -0.25) is 0 Å². The van der Waals surface area contributed by atoms with E-state index in [9.17, 15) is 0 Å². The molecular formula is C7H13Cl. The van der Waals surface area contributed by atoms with Gasteiger partial charge in [-0.05, 0) is 13.3 Å². The maximum atomic E-state index is 5.63. The summed E-state index contributed by atoms with van der Waals surface area (Å²) in [5, 5.41) is 0.196. The lowest BCUT2D eigenvalue weighted by Crippen LogP contribution is -1.79. The molecule has 1 atom stereocenters. The summed E-state index contributed by atoms with van der Waals surface area (Å²) in [5.41, 5.74) is 0. The van der Waals surface area contributed by atoms with Gasteiger partial charge in [-0.2, -0.15) is 0 Å². The molecule has 0 saturated carbocycles. The van der Waals surface area contributed by atoms with Gasteiger partial charge < -0.3 is 0 Å². The van der Waals surface area contributed by atoms with Crippen LogP contribution in [-0.2, 0) is 0 Å². The molecule has 0 aromatic carbocycles. The molecule has 0 aliphatic heterocycles. The van der Waals surface area contributed by atoms with Crippen LogP contribution >= 0.6 is 11.6 Å². The first-order chi connectivity index (χ1) is 3.77. The molecule has 0 saturated heterocycles. The first-order valence-electron chi connectivity index (χ1n) is 3.08. The number of hydrogen-bond donors (Lipinski definition) is 0. The molecule has 0 amide bonds. The first-order valence-corrected chi connectivity index (χ1v) is 3.51. The van der Waals surface area contributed by atoms with Crippen molar-refractivity contribution in [1.29, 1.82) is 0 Å². The van der Waals surface area contributed by atoms with E-state index in [-0.39, 0.29) is 5.38 Å². The molecule has 1 unspecified atom stereocenters. The number of alkyl halides is 1. The molecule has 0 N–H and O–H groups in total. The van der Waals surface area contributed by atoms with E-state index in [1.165, 1.54) is 6.42 Å². The van der Waals surface area contributed by atoms with E-state index in [0.717, 1.165) is 6.42 Å². The van der Waals surface area contributed by atoms with Crippen LogP contribution in [0.2, 0.25) is 0 Å². The predicted molar refractivity (Wildman–Crippen MR) is 39.4 cm³/mol. The highest BCUT2D eigenvalue weighted by molar-refractivity contribution is 6.21. The van der Waals surface area contributed by atoms with Gasteiger partial charge in [-0.25, -0.2) is 0 Å². The van der Waals surface area contributed by atoms with Crippen molar-refractivity contribution in [2.45, 2.75) is 32.1 Å². The molecule has 0 spiro atoms. The lowest BCUT2D eigenvalue weighted by atomic mass is 10.3. The van der Waals surface area contributed by atoms with Crippen LogP contribution in [0.15, 0.2) is 12.2 Å². The van der Waals surface area contributed by atoms with Crippen molar-refractivity contribution in [3.8, 4) is 0 Å². The molecule has 1 heteroatoms. The van der Waals surface area contributed by atoms with Gasteiger partial charge in [0.2, 0.25) is 0 Å². The molecule has 48 valence electrons. The van der Waals surface area contributed by atoms with Crippen LogP contribution < -0.4 is 0 Å². The minimum Gasteiger partial charge on any atom is -0.119 e. The SMILES string of the molecule is CCC/C=C\C(C)Cl. The Balaban J connectivity index is 3.07. The van der Waals surface area contributed by atoms with Gasteiger partial charge >= 0.3 is 0 Å². The van der Waals surface area contributed by atoms with E-state index in [4.69, 9.17) is 11.6 Å². The Morgan fingerprint density at radius 2 is 2.25 bits per heavy atom. The van der Waals surface area contributed by atoms with Crippen molar-refractivity contribution in [1.82, 2.24) is 0 Å². The lowest BCUT2D eigenvalue weighted by molar-refractivity contribution is 0.952. The second kappa shape index (κ2) is 5.17. The molecule has 0 heterocycles. The van der Waals surface area contributed by atoms with Crippen LogP contribution in [0.25, 0.3) is 0 Å². The molecule has 0 aromatic rings. The summed E-state index contributed by atoms with van der Waals surface area (Å²) in [4.78, 5) is 0. The van der Waals surface area contributed by atoms with E-state index >= 15 is 0 Å². The number of allylic oxidation sites excluding steroid dienone is 2. The van der Waals surface area contributed by atoms with Crippen LogP contribution in [0.1, 0.15) is 26.7 Å². The van der Waals surface area contributed by atoms with Gasteiger partial charge in [-0.1, -0.05) is 25.5 Å². The molecule has 0 radical (unpaired) electrons. The Labute approximate surface area is 56.5 Å². The average molecular weight is 133 g/mol. The predicted octanol–water partition coefficient (Wildman–Crippen LogP) is 2.97. The molecule has 0 aromatic heterocycles. The van der Waals surface area contributed by atoms with Crippen molar-refractivity contribution >= 4 is 11.6 Å². The van der Waals surface area contributed by atoms with Crippen molar-refractivity contribution in [2.24, 2.45) is 0 Å².